The fourth-order valence-corrected chi connectivity index (χ4v) is 2.36. The van der Waals surface area contributed by atoms with Crippen molar-refractivity contribution in [1.82, 2.24) is 0 Å². The molecule has 0 radical (unpaired) electrons. The van der Waals surface area contributed by atoms with E-state index in [2.05, 4.69) is 9.47 Å². The van der Waals surface area contributed by atoms with Gasteiger partial charge in [0.15, 0.2) is 0 Å². The van der Waals surface area contributed by atoms with Crippen molar-refractivity contribution in [2.24, 2.45) is 0 Å². The third kappa shape index (κ3) is 4.18. The van der Waals surface area contributed by atoms with Gasteiger partial charge in [0.1, 0.15) is 0 Å². The zero-order chi connectivity index (χ0) is 23.8. The molecule has 0 saturated heterocycles. The van der Waals surface area contributed by atoms with Gasteiger partial charge in [-0.05, 0) is 11.6 Å². The van der Waals surface area contributed by atoms with Crippen LogP contribution in [0.5, 0.6) is 0 Å². The molecular formula is C16H13F11O3. The van der Waals surface area contributed by atoms with Crippen LogP contribution < -0.4 is 0 Å². The molecule has 1 aromatic rings. The van der Waals surface area contributed by atoms with Crippen molar-refractivity contribution in [3.63, 3.8) is 0 Å². The van der Waals surface area contributed by atoms with Crippen LogP contribution in [0.15, 0.2) is 24.3 Å². The summed E-state index contributed by atoms with van der Waals surface area (Å²) >= 11 is 0. The normalized spacial score (nSPS) is 15.1. The molecule has 0 aliphatic rings. The molecule has 0 N–H and O–H groups in total. The summed E-state index contributed by atoms with van der Waals surface area (Å²) in [6, 6.07) is 4.15. The summed E-state index contributed by atoms with van der Waals surface area (Å²) in [5.74, 6) is -29.4. The number of ether oxygens (including phenoxy) is 2. The average Bonchev–Trinajstić information content (AvgIpc) is 2.64. The molecule has 0 heterocycles. The molecule has 0 spiro atoms. The van der Waals surface area contributed by atoms with E-state index in [0.29, 0.717) is 7.11 Å². The lowest BCUT2D eigenvalue weighted by Crippen LogP contribution is -2.66. The van der Waals surface area contributed by atoms with E-state index in [4.69, 9.17) is 0 Å². The van der Waals surface area contributed by atoms with Crippen LogP contribution in [0.4, 0.5) is 48.3 Å². The lowest BCUT2D eigenvalue weighted by molar-refractivity contribution is -0.423. The SMILES string of the molecule is COC(=O)c1ccccc1C(CC(F)(F)C(F)(F)C(F)(F)C(F)(F)C(F)(F)F)OC. The molecular weight excluding hydrogens is 449 g/mol. The third-order valence-corrected chi connectivity index (χ3v) is 4.04. The van der Waals surface area contributed by atoms with Crippen molar-refractivity contribution < 1.29 is 62.6 Å². The molecule has 1 atom stereocenters. The number of carbonyl (C=O) groups excluding carboxylic acids is 1. The van der Waals surface area contributed by atoms with E-state index in [1.807, 2.05) is 0 Å². The maximum atomic E-state index is 14.0. The number of esters is 1. The number of methoxy groups -OCH3 is 2. The summed E-state index contributed by atoms with van der Waals surface area (Å²) in [6.45, 7) is 0. The minimum Gasteiger partial charge on any atom is -0.465 e. The van der Waals surface area contributed by atoms with Crippen molar-refractivity contribution in [3.05, 3.63) is 35.4 Å². The number of hydrogen-bond donors (Lipinski definition) is 0. The Morgan fingerprint density at radius 3 is 1.77 bits per heavy atom. The Hall–Kier alpha value is -2.12. The van der Waals surface area contributed by atoms with E-state index in [1.54, 1.807) is 0 Å². The highest BCUT2D eigenvalue weighted by Gasteiger charge is 2.87. The van der Waals surface area contributed by atoms with Crippen LogP contribution in [-0.4, -0.2) is 50.1 Å². The Labute approximate surface area is 161 Å². The Balaban J connectivity index is 3.42. The predicted molar refractivity (Wildman–Crippen MR) is 78.0 cm³/mol. The van der Waals surface area contributed by atoms with Gasteiger partial charge >= 0.3 is 35.8 Å². The smallest absolute Gasteiger partial charge is 0.460 e. The van der Waals surface area contributed by atoms with Crippen LogP contribution in [0, 0.1) is 0 Å². The third-order valence-electron chi connectivity index (χ3n) is 4.04. The summed E-state index contributed by atoms with van der Waals surface area (Å²) in [6.07, 6.45) is -12.0. The molecule has 0 aliphatic heterocycles. The van der Waals surface area contributed by atoms with E-state index in [1.165, 1.54) is 6.07 Å². The Morgan fingerprint density at radius 1 is 0.833 bits per heavy atom. The van der Waals surface area contributed by atoms with Gasteiger partial charge in [-0.15, -0.1) is 0 Å². The van der Waals surface area contributed by atoms with E-state index < -0.39 is 59.5 Å². The van der Waals surface area contributed by atoms with Gasteiger partial charge in [-0.25, -0.2) is 4.79 Å². The van der Waals surface area contributed by atoms with Gasteiger partial charge in [-0.3, -0.25) is 0 Å². The molecule has 0 aliphatic carbocycles. The minimum atomic E-state index is -7.51. The highest BCUT2D eigenvalue weighted by atomic mass is 19.4. The fraction of sp³-hybridized carbons (Fsp3) is 0.562. The molecule has 1 rings (SSSR count). The zero-order valence-corrected chi connectivity index (χ0v) is 15.0. The molecule has 0 saturated carbocycles. The van der Waals surface area contributed by atoms with Gasteiger partial charge in [0.05, 0.1) is 18.8 Å². The van der Waals surface area contributed by atoms with E-state index >= 15 is 0 Å². The average molecular weight is 462 g/mol. The largest absolute Gasteiger partial charge is 0.465 e. The first kappa shape index (κ1) is 25.9. The summed E-state index contributed by atoms with van der Waals surface area (Å²) in [7, 11) is 1.50. The van der Waals surface area contributed by atoms with Crippen molar-refractivity contribution in [3.8, 4) is 0 Å². The molecule has 1 aromatic carbocycles. The van der Waals surface area contributed by atoms with Crippen LogP contribution >= 0.6 is 0 Å². The van der Waals surface area contributed by atoms with Crippen LogP contribution in [-0.2, 0) is 9.47 Å². The van der Waals surface area contributed by atoms with Gasteiger partial charge < -0.3 is 9.47 Å². The van der Waals surface area contributed by atoms with Crippen LogP contribution in [0.25, 0.3) is 0 Å². The first-order valence-electron chi connectivity index (χ1n) is 7.67. The van der Waals surface area contributed by atoms with Crippen molar-refractivity contribution in [2.75, 3.05) is 14.2 Å². The van der Waals surface area contributed by atoms with Gasteiger partial charge in [-0.2, -0.15) is 48.3 Å². The second-order valence-corrected chi connectivity index (χ2v) is 5.93. The zero-order valence-electron chi connectivity index (χ0n) is 15.0. The molecule has 0 aromatic heterocycles. The summed E-state index contributed by atoms with van der Waals surface area (Å²) < 4.78 is 153. The number of hydrogen-bond acceptors (Lipinski definition) is 3. The van der Waals surface area contributed by atoms with Crippen molar-refractivity contribution in [2.45, 2.75) is 42.4 Å². The molecule has 30 heavy (non-hydrogen) atoms. The lowest BCUT2D eigenvalue weighted by atomic mass is 9.91. The highest BCUT2D eigenvalue weighted by Crippen LogP contribution is 2.58. The summed E-state index contributed by atoms with van der Waals surface area (Å²) in [5.41, 5.74) is -1.09. The number of carbonyl (C=O) groups is 1. The predicted octanol–water partition coefficient (Wildman–Crippen LogP) is 5.65. The van der Waals surface area contributed by atoms with Crippen molar-refractivity contribution in [1.29, 1.82) is 0 Å². The molecule has 0 fully saturated rings. The van der Waals surface area contributed by atoms with Gasteiger partial charge in [0.25, 0.3) is 0 Å². The molecule has 3 nitrogen and oxygen atoms in total. The lowest BCUT2D eigenvalue weighted by Gasteiger charge is -2.38. The second kappa shape index (κ2) is 8.19. The Kier molecular flexibility index (Phi) is 7.08. The first-order valence-corrected chi connectivity index (χ1v) is 7.67. The molecule has 0 amide bonds. The van der Waals surface area contributed by atoms with Crippen LogP contribution in [0.2, 0.25) is 0 Å². The molecule has 0 bridgehead atoms. The number of rotatable bonds is 8. The number of halogens is 11. The van der Waals surface area contributed by atoms with Crippen molar-refractivity contribution >= 4 is 5.97 Å². The number of benzene rings is 1. The highest BCUT2D eigenvalue weighted by molar-refractivity contribution is 5.91. The summed E-state index contributed by atoms with van der Waals surface area (Å²) in [4.78, 5) is 11.7. The monoisotopic (exact) mass is 462 g/mol. The van der Waals surface area contributed by atoms with Gasteiger partial charge in [0.2, 0.25) is 0 Å². The maximum absolute atomic E-state index is 14.0. The molecule has 172 valence electrons. The Morgan fingerprint density at radius 2 is 1.33 bits per heavy atom. The summed E-state index contributed by atoms with van der Waals surface area (Å²) in [5, 5.41) is 0. The van der Waals surface area contributed by atoms with Gasteiger partial charge in [0, 0.05) is 13.5 Å². The topological polar surface area (TPSA) is 35.5 Å². The Bertz CT molecular complexity index is 759. The minimum absolute atomic E-state index is 0.515. The molecule has 14 heteroatoms. The quantitative estimate of drug-likeness (QED) is 0.370. The maximum Gasteiger partial charge on any atom is 0.460 e. The van der Waals surface area contributed by atoms with Gasteiger partial charge in [-0.1, -0.05) is 18.2 Å². The van der Waals surface area contributed by atoms with E-state index in [9.17, 15) is 53.1 Å². The van der Waals surface area contributed by atoms with E-state index in [0.717, 1.165) is 25.3 Å². The first-order chi connectivity index (χ1) is 13.4. The van der Waals surface area contributed by atoms with E-state index in [-0.39, 0.29) is 0 Å². The standard InChI is InChI=1S/C16H13F11O3/c1-29-10(8-5-3-4-6-9(8)11(28)30-2)7-12(17,18)13(19,20)14(21,22)15(23,24)16(25,26)27/h3-6,10H,7H2,1-2H3. The van der Waals surface area contributed by atoms with Crippen LogP contribution in [0.1, 0.15) is 28.4 Å². The number of alkyl halides is 11. The fourth-order valence-electron chi connectivity index (χ4n) is 2.36. The van der Waals surface area contributed by atoms with Crippen LogP contribution in [0.3, 0.4) is 0 Å². The molecule has 1 unspecified atom stereocenters. The second-order valence-electron chi connectivity index (χ2n) is 5.93.